The molecule has 0 unspecified atom stereocenters. The van der Waals surface area contributed by atoms with Crippen molar-refractivity contribution in [2.75, 3.05) is 0 Å². The summed E-state index contributed by atoms with van der Waals surface area (Å²) in [4.78, 5) is 25.8. The molecule has 0 fully saturated rings. The van der Waals surface area contributed by atoms with Gasteiger partial charge >= 0.3 is 11.9 Å². The minimum Gasteiger partial charge on any atom is -0.481 e. The van der Waals surface area contributed by atoms with Gasteiger partial charge in [-0.15, -0.1) is 0 Å². The zero-order valence-corrected chi connectivity index (χ0v) is 7.87. The Hall–Kier alpha value is -1.10. The number of aliphatic carboxylic acids is 1. The molecule has 0 saturated heterocycles. The molecule has 0 atom stereocenters. The number of hydrogen-bond donors (Lipinski definition) is 2. The molecule has 0 aliphatic carbocycles. The number of carbonyl (C=O) groups excluding carboxylic acids is 1. The first-order valence-electron chi connectivity index (χ1n) is 4.15. The predicted molar refractivity (Wildman–Crippen MR) is 45.5 cm³/mol. The van der Waals surface area contributed by atoms with Crippen LogP contribution in [0.15, 0.2) is 0 Å². The van der Waals surface area contributed by atoms with Gasteiger partial charge in [0, 0.05) is 0 Å². The maximum absolute atomic E-state index is 11.2. The fraction of sp³-hybridized carbons (Fsp3) is 0.750. The van der Waals surface area contributed by atoms with Crippen LogP contribution in [0.25, 0.3) is 0 Å². The Bertz CT molecular complexity index is 198. The van der Waals surface area contributed by atoms with Crippen LogP contribution >= 0.6 is 0 Å². The van der Waals surface area contributed by atoms with E-state index in [1.807, 2.05) is 0 Å². The molecule has 0 rings (SSSR count). The normalized spacial score (nSPS) is 11.0. The Labute approximate surface area is 76.8 Å². The molecule has 0 spiro atoms. The molecule has 0 aromatic carbocycles. The van der Waals surface area contributed by atoms with Crippen molar-refractivity contribution in [3.63, 3.8) is 0 Å². The molecular weight excluding hydrogens is 174 g/mol. The molecule has 5 nitrogen and oxygen atoms in total. The van der Waals surface area contributed by atoms with Crippen molar-refractivity contribution in [2.24, 2.45) is 11.3 Å². The Balaban J connectivity index is 4.68. The van der Waals surface area contributed by atoms with E-state index < -0.39 is 17.4 Å². The van der Waals surface area contributed by atoms with Crippen LogP contribution in [0, 0.1) is 5.41 Å². The van der Waals surface area contributed by atoms with Crippen LogP contribution in [0.2, 0.25) is 0 Å². The van der Waals surface area contributed by atoms with E-state index in [9.17, 15) is 9.59 Å². The third-order valence-electron chi connectivity index (χ3n) is 2.38. The van der Waals surface area contributed by atoms with Crippen LogP contribution in [0.3, 0.4) is 0 Å². The standard InChI is InChI=1S/C8H15NO4/c1-3-8(4-2,5-6(10)11)7(12)13-9/h3-5,9H2,1-2H3,(H,10,11). The Morgan fingerprint density at radius 2 is 1.85 bits per heavy atom. The van der Waals surface area contributed by atoms with E-state index in [1.54, 1.807) is 13.8 Å². The first-order valence-corrected chi connectivity index (χ1v) is 4.15. The number of carboxylic acids is 1. The smallest absolute Gasteiger partial charge is 0.331 e. The highest BCUT2D eigenvalue weighted by Gasteiger charge is 2.38. The summed E-state index contributed by atoms with van der Waals surface area (Å²) < 4.78 is 0. The number of carbonyl (C=O) groups is 2. The van der Waals surface area contributed by atoms with Crippen molar-refractivity contribution in [2.45, 2.75) is 33.1 Å². The van der Waals surface area contributed by atoms with E-state index in [2.05, 4.69) is 4.84 Å². The summed E-state index contributed by atoms with van der Waals surface area (Å²) in [5, 5.41) is 8.61. The fourth-order valence-electron chi connectivity index (χ4n) is 1.28. The van der Waals surface area contributed by atoms with Crippen LogP contribution in [0.1, 0.15) is 33.1 Å². The van der Waals surface area contributed by atoms with Gasteiger partial charge in [-0.1, -0.05) is 13.8 Å². The summed E-state index contributed by atoms with van der Waals surface area (Å²) in [6.45, 7) is 3.48. The van der Waals surface area contributed by atoms with Crippen molar-refractivity contribution in [3.05, 3.63) is 0 Å². The van der Waals surface area contributed by atoms with Crippen molar-refractivity contribution < 1.29 is 19.5 Å². The summed E-state index contributed by atoms with van der Waals surface area (Å²) in [5.41, 5.74) is -0.972. The molecule has 3 N–H and O–H groups in total. The fourth-order valence-corrected chi connectivity index (χ4v) is 1.28. The Kier molecular flexibility index (Phi) is 4.40. The number of hydrogen-bond acceptors (Lipinski definition) is 4. The molecule has 0 amide bonds. The lowest BCUT2D eigenvalue weighted by Crippen LogP contribution is -2.35. The highest BCUT2D eigenvalue weighted by atomic mass is 16.7. The molecule has 13 heavy (non-hydrogen) atoms. The second-order valence-electron chi connectivity index (χ2n) is 2.96. The quantitative estimate of drug-likeness (QED) is 0.621. The zero-order chi connectivity index (χ0) is 10.5. The van der Waals surface area contributed by atoms with Gasteiger partial charge in [0.15, 0.2) is 0 Å². The molecule has 0 aromatic heterocycles. The predicted octanol–water partition coefficient (Wildman–Crippen LogP) is 0.684. The van der Waals surface area contributed by atoms with E-state index >= 15 is 0 Å². The van der Waals surface area contributed by atoms with Crippen molar-refractivity contribution in [1.29, 1.82) is 0 Å². The third-order valence-corrected chi connectivity index (χ3v) is 2.38. The van der Waals surface area contributed by atoms with E-state index in [0.29, 0.717) is 12.8 Å². The van der Waals surface area contributed by atoms with E-state index in [4.69, 9.17) is 11.0 Å². The van der Waals surface area contributed by atoms with Gasteiger partial charge in [0.05, 0.1) is 11.8 Å². The monoisotopic (exact) mass is 189 g/mol. The Morgan fingerprint density at radius 3 is 2.08 bits per heavy atom. The molecule has 0 bridgehead atoms. The first kappa shape index (κ1) is 11.9. The second-order valence-corrected chi connectivity index (χ2v) is 2.96. The highest BCUT2D eigenvalue weighted by molar-refractivity contribution is 5.82. The topological polar surface area (TPSA) is 89.6 Å². The molecule has 0 saturated carbocycles. The van der Waals surface area contributed by atoms with Gasteiger partial charge < -0.3 is 9.94 Å². The number of rotatable bonds is 5. The lowest BCUT2D eigenvalue weighted by Gasteiger charge is -2.25. The van der Waals surface area contributed by atoms with Crippen LogP contribution < -0.4 is 5.90 Å². The molecule has 76 valence electrons. The number of nitrogens with two attached hydrogens (primary N) is 1. The van der Waals surface area contributed by atoms with Gasteiger partial charge in [-0.25, -0.2) is 4.79 Å². The van der Waals surface area contributed by atoms with Crippen molar-refractivity contribution in [1.82, 2.24) is 0 Å². The maximum Gasteiger partial charge on any atom is 0.331 e. The summed E-state index contributed by atoms with van der Waals surface area (Å²) in [5.74, 6) is 3.07. The summed E-state index contributed by atoms with van der Waals surface area (Å²) >= 11 is 0. The average Bonchev–Trinajstić information content (AvgIpc) is 2.12. The molecule has 0 radical (unpaired) electrons. The molecular formula is C8H15NO4. The Morgan fingerprint density at radius 1 is 1.38 bits per heavy atom. The molecule has 0 heterocycles. The third kappa shape index (κ3) is 2.69. The van der Waals surface area contributed by atoms with Gasteiger partial charge in [-0.2, -0.15) is 5.90 Å². The van der Waals surface area contributed by atoms with Gasteiger partial charge in [-0.3, -0.25) is 4.79 Å². The minimum atomic E-state index is -1.02. The molecule has 0 aliphatic rings. The van der Waals surface area contributed by atoms with Crippen molar-refractivity contribution >= 4 is 11.9 Å². The first-order chi connectivity index (χ1) is 6.02. The largest absolute Gasteiger partial charge is 0.481 e. The molecule has 5 heteroatoms. The SMILES string of the molecule is CCC(CC)(CC(=O)O)C(=O)ON. The van der Waals surface area contributed by atoms with Gasteiger partial charge in [-0.05, 0) is 12.8 Å². The van der Waals surface area contributed by atoms with Crippen LogP contribution in [-0.2, 0) is 14.4 Å². The van der Waals surface area contributed by atoms with E-state index in [-0.39, 0.29) is 6.42 Å². The maximum atomic E-state index is 11.2. The van der Waals surface area contributed by atoms with Gasteiger partial charge in [0.25, 0.3) is 0 Å². The molecule has 0 aromatic rings. The number of carboxylic acid groups (broad SMARTS) is 1. The summed E-state index contributed by atoms with van der Waals surface area (Å²) in [6, 6.07) is 0. The van der Waals surface area contributed by atoms with E-state index in [0.717, 1.165) is 0 Å². The highest BCUT2D eigenvalue weighted by Crippen LogP contribution is 2.31. The minimum absolute atomic E-state index is 0.240. The van der Waals surface area contributed by atoms with Crippen LogP contribution in [-0.4, -0.2) is 17.0 Å². The summed E-state index contributed by atoms with van der Waals surface area (Å²) in [7, 11) is 0. The van der Waals surface area contributed by atoms with Gasteiger partial charge in [0.1, 0.15) is 0 Å². The van der Waals surface area contributed by atoms with Crippen LogP contribution in [0.5, 0.6) is 0 Å². The molecule has 0 aliphatic heterocycles. The van der Waals surface area contributed by atoms with Crippen LogP contribution in [0.4, 0.5) is 0 Å². The lowest BCUT2D eigenvalue weighted by atomic mass is 9.79. The average molecular weight is 189 g/mol. The zero-order valence-electron chi connectivity index (χ0n) is 7.87. The van der Waals surface area contributed by atoms with Gasteiger partial charge in [0.2, 0.25) is 0 Å². The van der Waals surface area contributed by atoms with Crippen molar-refractivity contribution in [3.8, 4) is 0 Å². The second kappa shape index (κ2) is 4.81. The van der Waals surface area contributed by atoms with E-state index in [1.165, 1.54) is 0 Å². The summed E-state index contributed by atoms with van der Waals surface area (Å²) in [6.07, 6.45) is 0.577. The lowest BCUT2D eigenvalue weighted by molar-refractivity contribution is -0.162.